The minimum absolute atomic E-state index is 0.796. The standard InChI is InChI=1S/C21H23N3S/c1-16-19(17-10-6-4-7-11-17)21(25-15-14-24(2)3)23-20(22-16)18-12-8-5-9-13-18/h4-13H,14-15H2,1-3H3. The number of hydrogen-bond donors (Lipinski definition) is 0. The van der Waals surface area contributed by atoms with Crippen molar-refractivity contribution in [1.29, 1.82) is 0 Å². The van der Waals surface area contributed by atoms with Gasteiger partial charge in [0.05, 0.1) is 5.69 Å². The van der Waals surface area contributed by atoms with Crippen molar-refractivity contribution in [2.75, 3.05) is 26.4 Å². The van der Waals surface area contributed by atoms with Crippen LogP contribution in [0.5, 0.6) is 0 Å². The monoisotopic (exact) mass is 349 g/mol. The molecule has 0 unspecified atom stereocenters. The number of rotatable bonds is 6. The van der Waals surface area contributed by atoms with Gasteiger partial charge in [0.25, 0.3) is 0 Å². The van der Waals surface area contributed by atoms with Crippen molar-refractivity contribution in [2.45, 2.75) is 11.9 Å². The first kappa shape index (κ1) is 17.6. The molecule has 0 amide bonds. The molecular formula is C21H23N3S. The van der Waals surface area contributed by atoms with E-state index in [1.165, 1.54) is 5.56 Å². The van der Waals surface area contributed by atoms with Gasteiger partial charge in [0.2, 0.25) is 0 Å². The molecule has 0 aliphatic carbocycles. The maximum Gasteiger partial charge on any atom is 0.160 e. The molecule has 0 aliphatic rings. The summed E-state index contributed by atoms with van der Waals surface area (Å²) in [6.45, 7) is 3.09. The first-order valence-electron chi connectivity index (χ1n) is 8.42. The molecule has 4 heteroatoms. The number of benzene rings is 2. The summed E-state index contributed by atoms with van der Waals surface area (Å²) in [6, 6.07) is 20.6. The van der Waals surface area contributed by atoms with E-state index in [4.69, 9.17) is 9.97 Å². The van der Waals surface area contributed by atoms with Crippen molar-refractivity contribution in [3.8, 4) is 22.5 Å². The lowest BCUT2D eigenvalue weighted by Crippen LogP contribution is -2.15. The molecule has 0 atom stereocenters. The third kappa shape index (κ3) is 4.47. The maximum absolute atomic E-state index is 4.91. The van der Waals surface area contributed by atoms with E-state index in [2.05, 4.69) is 62.3 Å². The van der Waals surface area contributed by atoms with Crippen LogP contribution in [0.3, 0.4) is 0 Å². The summed E-state index contributed by atoms with van der Waals surface area (Å²) in [7, 11) is 4.19. The van der Waals surface area contributed by atoms with Gasteiger partial charge >= 0.3 is 0 Å². The predicted molar refractivity (Wildman–Crippen MR) is 107 cm³/mol. The van der Waals surface area contributed by atoms with Crippen LogP contribution in [0.2, 0.25) is 0 Å². The molecule has 0 saturated heterocycles. The van der Waals surface area contributed by atoms with E-state index < -0.39 is 0 Å². The van der Waals surface area contributed by atoms with Crippen LogP contribution in [0.15, 0.2) is 65.7 Å². The summed E-state index contributed by atoms with van der Waals surface area (Å²) in [5.74, 6) is 1.79. The summed E-state index contributed by atoms with van der Waals surface area (Å²) >= 11 is 1.80. The minimum atomic E-state index is 0.796. The fourth-order valence-corrected chi connectivity index (χ4v) is 3.84. The van der Waals surface area contributed by atoms with Crippen LogP contribution in [0.25, 0.3) is 22.5 Å². The molecule has 2 aromatic carbocycles. The van der Waals surface area contributed by atoms with E-state index in [1.807, 2.05) is 24.3 Å². The molecular weight excluding hydrogens is 326 g/mol. The molecule has 3 nitrogen and oxygen atoms in total. The van der Waals surface area contributed by atoms with Crippen molar-refractivity contribution in [1.82, 2.24) is 14.9 Å². The highest BCUT2D eigenvalue weighted by Gasteiger charge is 2.15. The van der Waals surface area contributed by atoms with E-state index in [-0.39, 0.29) is 0 Å². The summed E-state index contributed by atoms with van der Waals surface area (Å²) in [6.07, 6.45) is 0. The van der Waals surface area contributed by atoms with Crippen LogP contribution in [-0.4, -0.2) is 41.3 Å². The van der Waals surface area contributed by atoms with Crippen molar-refractivity contribution in [2.24, 2.45) is 0 Å². The van der Waals surface area contributed by atoms with E-state index in [0.29, 0.717) is 0 Å². The molecule has 0 aliphatic heterocycles. The van der Waals surface area contributed by atoms with E-state index in [1.54, 1.807) is 11.8 Å². The van der Waals surface area contributed by atoms with Crippen LogP contribution in [0, 0.1) is 6.92 Å². The summed E-state index contributed by atoms with van der Waals surface area (Å²) in [4.78, 5) is 11.9. The summed E-state index contributed by atoms with van der Waals surface area (Å²) in [5, 5.41) is 1.06. The quantitative estimate of drug-likeness (QED) is 0.473. The average molecular weight is 350 g/mol. The maximum atomic E-state index is 4.91. The second kappa shape index (κ2) is 8.28. The van der Waals surface area contributed by atoms with Gasteiger partial charge in [-0.05, 0) is 26.6 Å². The molecule has 0 fully saturated rings. The lowest BCUT2D eigenvalue weighted by Gasteiger charge is -2.15. The second-order valence-electron chi connectivity index (χ2n) is 6.20. The molecule has 0 spiro atoms. The normalized spacial score (nSPS) is 11.0. The van der Waals surface area contributed by atoms with Crippen LogP contribution >= 0.6 is 11.8 Å². The Morgan fingerprint density at radius 3 is 2.04 bits per heavy atom. The molecule has 3 aromatic rings. The van der Waals surface area contributed by atoms with Crippen molar-refractivity contribution < 1.29 is 0 Å². The van der Waals surface area contributed by atoms with Crippen molar-refractivity contribution in [3.63, 3.8) is 0 Å². The highest BCUT2D eigenvalue weighted by molar-refractivity contribution is 7.99. The first-order valence-corrected chi connectivity index (χ1v) is 9.40. The van der Waals surface area contributed by atoms with Crippen molar-refractivity contribution >= 4 is 11.8 Å². The lowest BCUT2D eigenvalue weighted by atomic mass is 10.1. The van der Waals surface area contributed by atoms with Crippen LogP contribution in [0.4, 0.5) is 0 Å². The van der Waals surface area contributed by atoms with Gasteiger partial charge in [-0.2, -0.15) is 0 Å². The van der Waals surface area contributed by atoms with Gasteiger partial charge in [0.15, 0.2) is 5.82 Å². The molecule has 1 aromatic heterocycles. The Hall–Kier alpha value is -2.17. The summed E-state index contributed by atoms with van der Waals surface area (Å²) < 4.78 is 0. The average Bonchev–Trinajstić information content (AvgIpc) is 2.62. The van der Waals surface area contributed by atoms with Gasteiger partial charge in [0.1, 0.15) is 5.03 Å². The Kier molecular flexibility index (Phi) is 5.84. The van der Waals surface area contributed by atoms with Gasteiger partial charge < -0.3 is 4.90 Å². The topological polar surface area (TPSA) is 29.0 Å². The Morgan fingerprint density at radius 2 is 1.44 bits per heavy atom. The molecule has 128 valence electrons. The zero-order valence-electron chi connectivity index (χ0n) is 14.9. The highest BCUT2D eigenvalue weighted by atomic mass is 32.2. The van der Waals surface area contributed by atoms with Crippen LogP contribution in [-0.2, 0) is 0 Å². The number of aryl methyl sites for hydroxylation is 1. The van der Waals surface area contributed by atoms with E-state index in [9.17, 15) is 0 Å². The number of hydrogen-bond acceptors (Lipinski definition) is 4. The van der Waals surface area contributed by atoms with Gasteiger partial charge in [-0.1, -0.05) is 60.7 Å². The predicted octanol–water partition coefficient (Wildman–Crippen LogP) is 4.77. The first-order chi connectivity index (χ1) is 12.1. The number of thioether (sulfide) groups is 1. The smallest absolute Gasteiger partial charge is 0.160 e. The van der Waals surface area contributed by atoms with Crippen molar-refractivity contribution in [3.05, 3.63) is 66.4 Å². The molecule has 0 radical (unpaired) electrons. The molecule has 1 heterocycles. The third-order valence-electron chi connectivity index (χ3n) is 3.93. The molecule has 25 heavy (non-hydrogen) atoms. The minimum Gasteiger partial charge on any atom is -0.309 e. The van der Waals surface area contributed by atoms with Crippen LogP contribution < -0.4 is 0 Å². The molecule has 0 bridgehead atoms. The fraction of sp³-hybridized carbons (Fsp3) is 0.238. The largest absolute Gasteiger partial charge is 0.309 e. The van der Waals surface area contributed by atoms with Gasteiger partial charge in [-0.25, -0.2) is 9.97 Å². The van der Waals surface area contributed by atoms with Gasteiger partial charge in [-0.3, -0.25) is 0 Å². The Balaban J connectivity index is 2.04. The Morgan fingerprint density at radius 1 is 0.840 bits per heavy atom. The zero-order chi connectivity index (χ0) is 17.6. The third-order valence-corrected chi connectivity index (χ3v) is 4.88. The molecule has 0 saturated carbocycles. The molecule has 0 N–H and O–H groups in total. The van der Waals surface area contributed by atoms with Gasteiger partial charge in [0, 0.05) is 23.4 Å². The SMILES string of the molecule is Cc1nc(-c2ccccc2)nc(SCCN(C)C)c1-c1ccccc1. The summed E-state index contributed by atoms with van der Waals surface area (Å²) in [5.41, 5.74) is 4.39. The Labute approximate surface area is 154 Å². The molecule has 3 rings (SSSR count). The van der Waals surface area contributed by atoms with Crippen LogP contribution in [0.1, 0.15) is 5.69 Å². The van der Waals surface area contributed by atoms with Gasteiger partial charge in [-0.15, -0.1) is 11.8 Å². The zero-order valence-corrected chi connectivity index (χ0v) is 15.8. The Bertz CT molecular complexity index is 817. The number of aromatic nitrogens is 2. The van der Waals surface area contributed by atoms with E-state index >= 15 is 0 Å². The highest BCUT2D eigenvalue weighted by Crippen LogP contribution is 2.33. The second-order valence-corrected chi connectivity index (χ2v) is 7.28. The number of nitrogens with zero attached hydrogens (tertiary/aromatic N) is 3. The fourth-order valence-electron chi connectivity index (χ4n) is 2.63. The van der Waals surface area contributed by atoms with E-state index in [0.717, 1.165) is 40.0 Å². The lowest BCUT2D eigenvalue weighted by molar-refractivity contribution is 0.437.